The third-order valence-electron chi connectivity index (χ3n) is 3.05. The number of carboxylic acids is 1. The fourth-order valence-electron chi connectivity index (χ4n) is 2.26. The maximum atomic E-state index is 14.0. The molecule has 0 bridgehead atoms. The third-order valence-corrected chi connectivity index (χ3v) is 4.26. The van der Waals surface area contributed by atoms with E-state index in [1.165, 1.54) is 0 Å². The van der Waals surface area contributed by atoms with Crippen molar-refractivity contribution in [2.75, 3.05) is 0 Å². The molecule has 1 aromatic carbocycles. The number of carboxylic acid groups (broad SMARTS) is 1. The van der Waals surface area contributed by atoms with E-state index in [-0.39, 0.29) is 12.0 Å². The molecule has 0 radical (unpaired) electrons. The van der Waals surface area contributed by atoms with Crippen LogP contribution in [0.15, 0.2) is 24.3 Å². The number of hydrogen-bond acceptors (Lipinski definition) is 2. The molecule has 1 aliphatic rings. The highest BCUT2D eigenvalue weighted by atomic mass is 32.1. The van der Waals surface area contributed by atoms with E-state index < -0.39 is 22.8 Å². The third kappa shape index (κ3) is 1.47. The number of fused-ring (bicyclic) bond motifs is 3. The molecule has 3 rings (SSSR count). The van der Waals surface area contributed by atoms with E-state index in [9.17, 15) is 13.6 Å². The van der Waals surface area contributed by atoms with Gasteiger partial charge in [-0.25, -0.2) is 13.6 Å². The first-order valence-electron chi connectivity index (χ1n) is 5.37. The molecular formula is C13H8F2O2S. The lowest BCUT2D eigenvalue weighted by Gasteiger charge is -2.19. The van der Waals surface area contributed by atoms with Crippen LogP contribution in [0.3, 0.4) is 0 Å². The van der Waals surface area contributed by atoms with Crippen LogP contribution in [0, 0.1) is 5.82 Å². The van der Waals surface area contributed by atoms with Gasteiger partial charge in [-0.2, -0.15) is 0 Å². The topological polar surface area (TPSA) is 37.3 Å². The lowest BCUT2D eigenvalue weighted by atomic mass is 9.90. The van der Waals surface area contributed by atoms with Gasteiger partial charge in [0.15, 0.2) is 5.82 Å². The minimum Gasteiger partial charge on any atom is -0.477 e. The van der Waals surface area contributed by atoms with Gasteiger partial charge in [-0.15, -0.1) is 11.3 Å². The van der Waals surface area contributed by atoms with Crippen molar-refractivity contribution >= 4 is 17.3 Å². The summed E-state index contributed by atoms with van der Waals surface area (Å²) >= 11 is 0.802. The standard InChI is InChI=1S/C13H8F2O2S/c14-8-5-6-3-1-2-4-7(6)11-9(8)10(15)12(18-11)13(16)17/h1-4,8H,5H2,(H,16,17). The Morgan fingerprint density at radius 1 is 1.39 bits per heavy atom. The van der Waals surface area contributed by atoms with Gasteiger partial charge < -0.3 is 5.11 Å². The maximum Gasteiger partial charge on any atom is 0.348 e. The Kier molecular flexibility index (Phi) is 2.45. The molecule has 5 heteroatoms. The highest BCUT2D eigenvalue weighted by Gasteiger charge is 2.33. The molecule has 1 aliphatic carbocycles. The van der Waals surface area contributed by atoms with Gasteiger partial charge in [-0.1, -0.05) is 24.3 Å². The fourth-order valence-corrected chi connectivity index (χ4v) is 3.38. The number of thiophene rings is 1. The summed E-state index contributed by atoms with van der Waals surface area (Å²) in [5, 5.41) is 8.90. The maximum absolute atomic E-state index is 14.0. The quantitative estimate of drug-likeness (QED) is 0.852. The van der Waals surface area contributed by atoms with Crippen molar-refractivity contribution in [2.24, 2.45) is 0 Å². The van der Waals surface area contributed by atoms with E-state index in [0.717, 1.165) is 22.5 Å². The molecule has 0 spiro atoms. The minimum absolute atomic E-state index is 0.0931. The van der Waals surface area contributed by atoms with Crippen LogP contribution in [0.5, 0.6) is 0 Å². The summed E-state index contributed by atoms with van der Waals surface area (Å²) in [5.74, 6) is -2.28. The minimum atomic E-state index is -1.47. The summed E-state index contributed by atoms with van der Waals surface area (Å²) in [6.45, 7) is 0. The molecule has 0 fully saturated rings. The van der Waals surface area contributed by atoms with Crippen molar-refractivity contribution in [3.05, 3.63) is 46.1 Å². The molecule has 1 N–H and O–H groups in total. The van der Waals surface area contributed by atoms with Gasteiger partial charge >= 0.3 is 5.97 Å². The molecule has 0 aliphatic heterocycles. The van der Waals surface area contributed by atoms with E-state index in [1.807, 2.05) is 0 Å². The number of hydrogen-bond donors (Lipinski definition) is 1. The molecule has 18 heavy (non-hydrogen) atoms. The number of alkyl halides is 1. The molecule has 0 amide bonds. The van der Waals surface area contributed by atoms with Crippen molar-refractivity contribution in [1.82, 2.24) is 0 Å². The summed E-state index contributed by atoms with van der Waals surface area (Å²) in [5.41, 5.74) is 1.42. The van der Waals surface area contributed by atoms with Crippen molar-refractivity contribution < 1.29 is 18.7 Å². The molecular weight excluding hydrogens is 258 g/mol. The van der Waals surface area contributed by atoms with Crippen LogP contribution in [0.2, 0.25) is 0 Å². The average Bonchev–Trinajstić information content (AvgIpc) is 2.68. The monoisotopic (exact) mass is 266 g/mol. The summed E-state index contributed by atoms with van der Waals surface area (Å²) in [6, 6.07) is 7.11. The van der Waals surface area contributed by atoms with Crippen LogP contribution in [0.1, 0.15) is 27.0 Å². The zero-order chi connectivity index (χ0) is 12.9. The molecule has 92 valence electrons. The van der Waals surface area contributed by atoms with Gasteiger partial charge in [0.25, 0.3) is 0 Å². The SMILES string of the molecule is O=C(O)c1sc2c(c1F)C(F)Cc1ccccc1-2. The molecule has 0 saturated heterocycles. The van der Waals surface area contributed by atoms with Crippen LogP contribution in [-0.2, 0) is 6.42 Å². The summed E-state index contributed by atoms with van der Waals surface area (Å²) in [4.78, 5) is 10.9. The Hall–Kier alpha value is -1.75. The molecule has 2 aromatic rings. The van der Waals surface area contributed by atoms with Gasteiger partial charge in [0.1, 0.15) is 11.0 Å². The van der Waals surface area contributed by atoms with E-state index in [0.29, 0.717) is 4.88 Å². The summed E-state index contributed by atoms with van der Waals surface area (Å²) < 4.78 is 27.9. The highest BCUT2D eigenvalue weighted by Crippen LogP contribution is 2.46. The second kappa shape index (κ2) is 3.88. The Bertz CT molecular complexity index is 648. The second-order valence-electron chi connectivity index (χ2n) is 4.12. The number of carbonyl (C=O) groups is 1. The normalized spacial score (nSPS) is 17.1. The first-order valence-corrected chi connectivity index (χ1v) is 6.19. The van der Waals surface area contributed by atoms with Crippen molar-refractivity contribution in [2.45, 2.75) is 12.6 Å². The zero-order valence-electron chi connectivity index (χ0n) is 9.11. The van der Waals surface area contributed by atoms with E-state index in [1.54, 1.807) is 24.3 Å². The van der Waals surface area contributed by atoms with Crippen LogP contribution in [0.25, 0.3) is 10.4 Å². The van der Waals surface area contributed by atoms with Gasteiger partial charge in [-0.3, -0.25) is 0 Å². The summed E-state index contributed by atoms with van der Waals surface area (Å²) in [6.07, 6.45) is -1.38. The van der Waals surface area contributed by atoms with Gasteiger partial charge in [0.05, 0.1) is 0 Å². The van der Waals surface area contributed by atoms with Crippen LogP contribution < -0.4 is 0 Å². The lowest BCUT2D eigenvalue weighted by Crippen LogP contribution is -2.07. The van der Waals surface area contributed by atoms with Crippen molar-refractivity contribution in [3.8, 4) is 10.4 Å². The highest BCUT2D eigenvalue weighted by molar-refractivity contribution is 7.17. The Balaban J connectivity index is 2.31. The summed E-state index contributed by atoms with van der Waals surface area (Å²) in [7, 11) is 0. The number of benzene rings is 1. The van der Waals surface area contributed by atoms with Crippen LogP contribution in [-0.4, -0.2) is 11.1 Å². The molecule has 1 atom stereocenters. The predicted molar refractivity (Wildman–Crippen MR) is 64.2 cm³/mol. The van der Waals surface area contributed by atoms with Gasteiger partial charge in [-0.05, 0) is 11.1 Å². The second-order valence-corrected chi connectivity index (χ2v) is 5.14. The smallest absolute Gasteiger partial charge is 0.348 e. The molecule has 0 saturated carbocycles. The Morgan fingerprint density at radius 3 is 2.83 bits per heavy atom. The number of halogens is 2. The van der Waals surface area contributed by atoms with Crippen molar-refractivity contribution in [3.63, 3.8) is 0 Å². The van der Waals surface area contributed by atoms with E-state index in [4.69, 9.17) is 5.11 Å². The fraction of sp³-hybridized carbons (Fsp3) is 0.154. The Morgan fingerprint density at radius 2 is 2.11 bits per heavy atom. The predicted octanol–water partition coefficient (Wildman–Crippen LogP) is 3.82. The molecule has 1 aromatic heterocycles. The van der Waals surface area contributed by atoms with Gasteiger partial charge in [0, 0.05) is 16.9 Å². The number of aromatic carboxylic acids is 1. The van der Waals surface area contributed by atoms with Crippen LogP contribution in [0.4, 0.5) is 8.78 Å². The molecule has 1 heterocycles. The van der Waals surface area contributed by atoms with Crippen LogP contribution >= 0.6 is 11.3 Å². The molecule has 1 unspecified atom stereocenters. The average molecular weight is 266 g/mol. The van der Waals surface area contributed by atoms with E-state index in [2.05, 4.69) is 0 Å². The number of rotatable bonds is 1. The Labute approximate surface area is 106 Å². The van der Waals surface area contributed by atoms with Crippen molar-refractivity contribution in [1.29, 1.82) is 0 Å². The first-order chi connectivity index (χ1) is 8.59. The zero-order valence-corrected chi connectivity index (χ0v) is 9.93. The van der Waals surface area contributed by atoms with E-state index >= 15 is 0 Å². The largest absolute Gasteiger partial charge is 0.477 e. The lowest BCUT2D eigenvalue weighted by molar-refractivity contribution is 0.0697. The van der Waals surface area contributed by atoms with Gasteiger partial charge in [0.2, 0.25) is 0 Å². The first kappa shape index (κ1) is 11.3. The molecule has 2 nitrogen and oxygen atoms in total.